The minimum atomic E-state index is -3.96. The molecule has 2 saturated carbocycles. The summed E-state index contributed by atoms with van der Waals surface area (Å²) in [6.07, 6.45) is 8.75. The fourth-order valence-electron chi connectivity index (χ4n) is 8.78. The lowest BCUT2D eigenvalue weighted by Gasteiger charge is -2.33. The Labute approximate surface area is 343 Å². The van der Waals surface area contributed by atoms with Crippen LogP contribution in [0.1, 0.15) is 106 Å². The number of rotatable bonds is 10. The standard InChI is InChI=1S/C44H62N4O9S/c1-10-28-19-27(2)13-11-12-14-29-23-44(29,41(52)46-58(53,54)43(6)17-18-43)24-36(49)35-21-31(26-48(35)40(51)33(28)22-38(50)57-42(3,4)5)56-39-32-16-15-30(47(7)8)20-34(32)37(55-9)25-45-39/h12,14-16,20,25,27-29,31,33,35H,10-11,13,17-19,21-24,26H2,1-9H3,(H,46,52)/b14-12-/t27-,28-,29-,31-,33+,35+,44-/m1/s1. The van der Waals surface area contributed by atoms with E-state index in [4.69, 9.17) is 14.2 Å². The zero-order valence-corrected chi connectivity index (χ0v) is 36.4. The van der Waals surface area contributed by atoms with Gasteiger partial charge in [0, 0.05) is 43.4 Å². The van der Waals surface area contributed by atoms with Crippen LogP contribution < -0.4 is 19.1 Å². The number of nitrogens with one attached hydrogen (secondary N) is 1. The Morgan fingerprint density at radius 2 is 1.83 bits per heavy atom. The molecule has 1 N–H and O–H groups in total. The summed E-state index contributed by atoms with van der Waals surface area (Å²) in [5, 5.41) is 1.48. The van der Waals surface area contributed by atoms with Crippen LogP contribution in [0.4, 0.5) is 5.69 Å². The number of carbonyl (C=O) groups is 4. The molecule has 58 heavy (non-hydrogen) atoms. The minimum Gasteiger partial charge on any atom is -0.494 e. The number of methoxy groups -OCH3 is 1. The van der Waals surface area contributed by atoms with Crippen LogP contribution >= 0.6 is 0 Å². The lowest BCUT2D eigenvalue weighted by Crippen LogP contribution is -2.48. The third-order valence-corrected chi connectivity index (χ3v) is 14.9. The number of benzene rings is 1. The molecule has 0 unspecified atom stereocenters. The second-order valence-corrected chi connectivity index (χ2v) is 20.8. The van der Waals surface area contributed by atoms with E-state index in [1.807, 2.05) is 56.3 Å². The van der Waals surface area contributed by atoms with E-state index in [1.165, 1.54) is 0 Å². The van der Waals surface area contributed by atoms with Gasteiger partial charge >= 0.3 is 5.97 Å². The number of nitrogens with zero attached hydrogens (tertiary/aromatic N) is 3. The highest BCUT2D eigenvalue weighted by molar-refractivity contribution is 7.91. The van der Waals surface area contributed by atoms with Gasteiger partial charge in [-0.1, -0.05) is 32.4 Å². The Bertz CT molecular complexity index is 2060. The van der Waals surface area contributed by atoms with Gasteiger partial charge in [-0.05, 0) is 102 Å². The van der Waals surface area contributed by atoms with Crippen molar-refractivity contribution in [1.82, 2.24) is 14.6 Å². The third kappa shape index (κ3) is 9.16. The first-order valence-corrected chi connectivity index (χ1v) is 22.3. The molecule has 14 heteroatoms. The molecule has 0 spiro atoms. The molecule has 2 aliphatic heterocycles. The van der Waals surface area contributed by atoms with Crippen LogP contribution in [0.2, 0.25) is 0 Å². The second-order valence-electron chi connectivity index (χ2n) is 18.6. The molecule has 0 bridgehead atoms. The van der Waals surface area contributed by atoms with Crippen LogP contribution in [0.25, 0.3) is 10.8 Å². The summed E-state index contributed by atoms with van der Waals surface area (Å²) in [6.45, 7) is 11.2. The van der Waals surface area contributed by atoms with Gasteiger partial charge in [-0.25, -0.2) is 13.4 Å². The number of anilines is 1. The molecule has 318 valence electrons. The van der Waals surface area contributed by atoms with Crippen molar-refractivity contribution in [1.29, 1.82) is 0 Å². The number of hydrogen-bond donors (Lipinski definition) is 1. The van der Waals surface area contributed by atoms with Gasteiger partial charge in [0.15, 0.2) is 5.78 Å². The molecule has 3 heterocycles. The van der Waals surface area contributed by atoms with Crippen molar-refractivity contribution in [3.05, 3.63) is 36.5 Å². The zero-order valence-electron chi connectivity index (χ0n) is 35.6. The predicted molar refractivity (Wildman–Crippen MR) is 222 cm³/mol. The van der Waals surface area contributed by atoms with Crippen molar-refractivity contribution < 1.29 is 41.8 Å². The molecule has 0 radical (unpaired) electrons. The minimum absolute atomic E-state index is 0.0479. The SMILES string of the molecule is CC[C@@H]1C[C@H](C)CC/C=C\[C@@H]2C[C@@]2(C(=O)NS(=O)(=O)C2(C)CC2)CC(=O)[C@@H]2C[C@@H](Oc3ncc(OC)c4cc(N(C)C)ccc34)CN2C(=O)[C@H]1CC(=O)OC(C)(C)C. The van der Waals surface area contributed by atoms with Crippen LogP contribution in [0.3, 0.4) is 0 Å². The Balaban J connectivity index is 1.38. The number of allylic oxidation sites excluding steroid dienone is 2. The first-order valence-electron chi connectivity index (χ1n) is 20.8. The van der Waals surface area contributed by atoms with Crippen molar-refractivity contribution in [3.8, 4) is 11.6 Å². The average Bonchev–Trinajstić information content (AvgIpc) is 4.03. The van der Waals surface area contributed by atoms with E-state index in [1.54, 1.807) is 45.9 Å². The van der Waals surface area contributed by atoms with E-state index < -0.39 is 55.7 Å². The molecule has 7 atom stereocenters. The number of pyridine rings is 1. The molecule has 6 rings (SSSR count). The number of ether oxygens (including phenoxy) is 3. The second kappa shape index (κ2) is 16.5. The summed E-state index contributed by atoms with van der Waals surface area (Å²) in [4.78, 5) is 65.6. The molecule has 2 aliphatic carbocycles. The van der Waals surface area contributed by atoms with E-state index in [-0.39, 0.29) is 55.3 Å². The predicted octanol–water partition coefficient (Wildman–Crippen LogP) is 6.37. The molecule has 4 aliphatic rings. The summed E-state index contributed by atoms with van der Waals surface area (Å²) in [5.74, 6) is -2.02. The van der Waals surface area contributed by atoms with Crippen LogP contribution in [-0.4, -0.2) is 92.1 Å². The maximum absolute atomic E-state index is 15.1. The number of ketones is 1. The number of hydrogen-bond acceptors (Lipinski definition) is 11. The van der Waals surface area contributed by atoms with Crippen LogP contribution in [0.5, 0.6) is 11.6 Å². The highest BCUT2D eigenvalue weighted by Crippen LogP contribution is 2.58. The molecule has 2 amide bonds. The van der Waals surface area contributed by atoms with Gasteiger partial charge in [0.25, 0.3) is 0 Å². The van der Waals surface area contributed by atoms with Crippen LogP contribution in [-0.2, 0) is 33.9 Å². The first-order chi connectivity index (χ1) is 27.2. The molecular weight excluding hydrogens is 761 g/mol. The van der Waals surface area contributed by atoms with E-state index in [0.717, 1.165) is 23.9 Å². The fraction of sp³-hybridized carbons (Fsp3) is 0.659. The number of sulfonamides is 1. The quantitative estimate of drug-likeness (QED) is 0.209. The van der Waals surface area contributed by atoms with Gasteiger partial charge in [-0.2, -0.15) is 0 Å². The van der Waals surface area contributed by atoms with E-state index in [2.05, 4.69) is 16.6 Å². The lowest BCUT2D eigenvalue weighted by atomic mass is 9.79. The van der Waals surface area contributed by atoms with Crippen molar-refractivity contribution in [2.75, 3.05) is 32.6 Å². The van der Waals surface area contributed by atoms with Crippen molar-refractivity contribution in [2.24, 2.45) is 29.1 Å². The smallest absolute Gasteiger partial charge is 0.307 e. The zero-order chi connectivity index (χ0) is 42.4. The number of amides is 2. The van der Waals surface area contributed by atoms with E-state index in [9.17, 15) is 22.8 Å². The maximum atomic E-state index is 15.1. The normalized spacial score (nSPS) is 29.3. The number of esters is 1. The largest absolute Gasteiger partial charge is 0.494 e. The Hall–Kier alpha value is -4.20. The molecule has 13 nitrogen and oxygen atoms in total. The topological polar surface area (TPSA) is 162 Å². The number of carbonyl (C=O) groups excluding carboxylic acids is 4. The van der Waals surface area contributed by atoms with Gasteiger partial charge in [0.1, 0.15) is 17.5 Å². The van der Waals surface area contributed by atoms with Crippen molar-refractivity contribution in [3.63, 3.8) is 0 Å². The fourth-order valence-corrected chi connectivity index (χ4v) is 10.1. The van der Waals surface area contributed by atoms with Crippen LogP contribution in [0, 0.1) is 29.1 Å². The molecular formula is C44H62N4O9S. The summed E-state index contributed by atoms with van der Waals surface area (Å²) < 4.78 is 45.9. The van der Waals surface area contributed by atoms with Crippen molar-refractivity contribution >= 4 is 50.1 Å². The summed E-state index contributed by atoms with van der Waals surface area (Å²) in [6, 6.07) is 4.85. The average molecular weight is 823 g/mol. The third-order valence-electron chi connectivity index (χ3n) is 12.8. The van der Waals surface area contributed by atoms with Crippen LogP contribution in [0.15, 0.2) is 36.5 Å². The maximum Gasteiger partial charge on any atom is 0.307 e. The summed E-state index contributed by atoms with van der Waals surface area (Å²) in [7, 11) is 1.50. The van der Waals surface area contributed by atoms with Gasteiger partial charge in [0.05, 0.1) is 48.4 Å². The van der Waals surface area contributed by atoms with Gasteiger partial charge in [-0.15, -0.1) is 0 Å². The van der Waals surface area contributed by atoms with Gasteiger partial charge in [0.2, 0.25) is 27.7 Å². The summed E-state index contributed by atoms with van der Waals surface area (Å²) in [5.41, 5.74) is -1.08. The Morgan fingerprint density at radius 3 is 2.47 bits per heavy atom. The molecule has 1 saturated heterocycles. The molecule has 1 aromatic carbocycles. The number of Topliss-reactive ketones (excluding diaryl/α,β-unsaturated/α-hetero) is 1. The van der Waals surface area contributed by atoms with E-state index in [0.29, 0.717) is 49.1 Å². The first kappa shape index (κ1) is 43.4. The highest BCUT2D eigenvalue weighted by Gasteiger charge is 2.62. The summed E-state index contributed by atoms with van der Waals surface area (Å²) >= 11 is 0. The van der Waals surface area contributed by atoms with E-state index >= 15 is 4.79 Å². The number of fused-ring (bicyclic) bond motifs is 3. The number of aromatic nitrogens is 1. The van der Waals surface area contributed by atoms with Gasteiger partial charge < -0.3 is 24.0 Å². The highest BCUT2D eigenvalue weighted by atomic mass is 32.2. The molecule has 3 fully saturated rings. The lowest BCUT2D eigenvalue weighted by molar-refractivity contribution is -0.160. The monoisotopic (exact) mass is 822 g/mol. The van der Waals surface area contributed by atoms with Crippen molar-refractivity contribution in [2.45, 2.75) is 128 Å². The molecule has 1 aromatic heterocycles. The van der Waals surface area contributed by atoms with Gasteiger partial charge in [-0.3, -0.25) is 23.9 Å². The Kier molecular flexibility index (Phi) is 12.3. The molecule has 2 aromatic rings. The Morgan fingerprint density at radius 1 is 1.10 bits per heavy atom.